The largest absolute Gasteiger partial charge is 0.492 e. The third kappa shape index (κ3) is 6.07. The molecule has 0 saturated carbocycles. The van der Waals surface area contributed by atoms with Crippen LogP contribution in [0, 0.1) is 5.92 Å². The van der Waals surface area contributed by atoms with Gasteiger partial charge in [0.15, 0.2) is 0 Å². The van der Waals surface area contributed by atoms with E-state index in [1.54, 1.807) is 9.80 Å². The average Bonchev–Trinajstić information content (AvgIpc) is 3.14. The predicted molar refractivity (Wildman–Crippen MR) is 124 cm³/mol. The first-order chi connectivity index (χ1) is 15.4. The quantitative estimate of drug-likeness (QED) is 0.627. The Hall–Kier alpha value is -3.39. The summed E-state index contributed by atoms with van der Waals surface area (Å²) in [4.78, 5) is 40.7. The van der Waals surface area contributed by atoms with Gasteiger partial charge in [-0.05, 0) is 50.8 Å². The van der Waals surface area contributed by atoms with Crippen LogP contribution in [0.3, 0.4) is 0 Å². The van der Waals surface area contributed by atoms with Gasteiger partial charge in [0.05, 0.1) is 24.8 Å². The zero-order valence-electron chi connectivity index (χ0n) is 18.8. The molecule has 2 aromatic rings. The van der Waals surface area contributed by atoms with Gasteiger partial charge >= 0.3 is 0 Å². The second kappa shape index (κ2) is 10.8. The van der Waals surface area contributed by atoms with Crippen molar-refractivity contribution in [3.63, 3.8) is 0 Å². The molecule has 32 heavy (non-hydrogen) atoms. The van der Waals surface area contributed by atoms with E-state index in [1.807, 2.05) is 69.6 Å². The van der Waals surface area contributed by atoms with Gasteiger partial charge in [-0.15, -0.1) is 0 Å². The Balaban J connectivity index is 1.58. The van der Waals surface area contributed by atoms with Gasteiger partial charge in [0.2, 0.25) is 17.7 Å². The summed E-state index contributed by atoms with van der Waals surface area (Å²) in [6.07, 6.45) is 0.160. The first-order valence-electron chi connectivity index (χ1n) is 10.7. The zero-order valence-corrected chi connectivity index (χ0v) is 18.8. The molecule has 0 aliphatic carbocycles. The maximum Gasteiger partial charge on any atom is 0.238 e. The summed E-state index contributed by atoms with van der Waals surface area (Å²) in [5.41, 5.74) is 2.23. The molecule has 3 rings (SSSR count). The molecule has 2 N–H and O–H groups in total. The summed E-state index contributed by atoms with van der Waals surface area (Å²) in [5.74, 6) is -0.162. The summed E-state index contributed by atoms with van der Waals surface area (Å²) in [5, 5.41) is 5.76. The first-order valence-corrected chi connectivity index (χ1v) is 10.7. The Morgan fingerprint density at radius 3 is 2.69 bits per heavy atom. The Bertz CT molecular complexity index is 976. The number of nitrogens with one attached hydrogen (secondary N) is 2. The lowest BCUT2D eigenvalue weighted by molar-refractivity contribution is -0.126. The van der Waals surface area contributed by atoms with Crippen LogP contribution in [0.2, 0.25) is 0 Å². The van der Waals surface area contributed by atoms with Crippen molar-refractivity contribution >= 4 is 29.1 Å². The number of rotatable bonds is 9. The molecule has 0 spiro atoms. The number of hydrogen-bond acceptors (Lipinski definition) is 5. The predicted octanol–water partition coefficient (Wildman–Crippen LogP) is 2.25. The van der Waals surface area contributed by atoms with E-state index in [2.05, 4.69) is 10.6 Å². The minimum atomic E-state index is -0.430. The maximum absolute atomic E-state index is 12.7. The van der Waals surface area contributed by atoms with E-state index in [9.17, 15) is 14.4 Å². The van der Waals surface area contributed by atoms with Crippen molar-refractivity contribution in [2.45, 2.75) is 19.9 Å². The average molecular weight is 439 g/mol. The van der Waals surface area contributed by atoms with E-state index in [4.69, 9.17) is 4.74 Å². The number of anilines is 2. The molecule has 1 heterocycles. The highest BCUT2D eigenvalue weighted by molar-refractivity contribution is 6.01. The SMILES string of the molecule is CCOc1ccccc1N1CC(C(=O)NCc2cccc(NC(=O)CN(C)C)c2)CC1=O. The fraction of sp³-hybridized carbons (Fsp3) is 0.375. The molecule has 1 saturated heterocycles. The highest BCUT2D eigenvalue weighted by Crippen LogP contribution is 2.33. The molecule has 1 aliphatic heterocycles. The van der Waals surface area contributed by atoms with E-state index in [0.29, 0.717) is 43.4 Å². The Morgan fingerprint density at radius 2 is 1.94 bits per heavy atom. The monoisotopic (exact) mass is 438 g/mol. The summed E-state index contributed by atoms with van der Waals surface area (Å²) in [6, 6.07) is 14.7. The van der Waals surface area contributed by atoms with Gasteiger partial charge in [-0.1, -0.05) is 24.3 Å². The number of likely N-dealkylation sites (N-methyl/N-ethyl adjacent to an activating group) is 1. The molecular weight excluding hydrogens is 408 g/mol. The standard InChI is InChI=1S/C24H30N4O4/c1-4-32-21-11-6-5-10-20(21)28-15-18(13-23(28)30)24(31)25-14-17-8-7-9-19(12-17)26-22(29)16-27(2)3/h5-12,18H,4,13-16H2,1-3H3,(H,25,31)(H,26,29). The number of benzene rings is 2. The number of nitrogens with zero attached hydrogens (tertiary/aromatic N) is 2. The van der Waals surface area contributed by atoms with Gasteiger partial charge in [0.25, 0.3) is 0 Å². The molecule has 1 atom stereocenters. The van der Waals surface area contributed by atoms with Crippen molar-refractivity contribution in [1.82, 2.24) is 10.2 Å². The number of hydrogen-bond donors (Lipinski definition) is 2. The summed E-state index contributed by atoms with van der Waals surface area (Å²) < 4.78 is 5.63. The minimum Gasteiger partial charge on any atom is -0.492 e. The zero-order chi connectivity index (χ0) is 23.1. The van der Waals surface area contributed by atoms with Crippen LogP contribution < -0.4 is 20.3 Å². The number of carbonyl (C=O) groups is 3. The smallest absolute Gasteiger partial charge is 0.238 e. The van der Waals surface area contributed by atoms with Crippen molar-refractivity contribution in [2.75, 3.05) is 44.0 Å². The molecule has 0 aromatic heterocycles. The van der Waals surface area contributed by atoms with Crippen LogP contribution in [0.15, 0.2) is 48.5 Å². The van der Waals surface area contributed by atoms with E-state index < -0.39 is 5.92 Å². The molecule has 0 bridgehead atoms. The van der Waals surface area contributed by atoms with Crippen LogP contribution in [0.1, 0.15) is 18.9 Å². The highest BCUT2D eigenvalue weighted by Gasteiger charge is 2.36. The molecule has 0 radical (unpaired) electrons. The summed E-state index contributed by atoms with van der Waals surface area (Å²) in [6.45, 7) is 3.31. The van der Waals surface area contributed by atoms with Crippen LogP contribution in [0.5, 0.6) is 5.75 Å². The van der Waals surface area contributed by atoms with Gasteiger partial charge in [-0.2, -0.15) is 0 Å². The normalized spacial score (nSPS) is 15.7. The Labute approximate surface area is 188 Å². The van der Waals surface area contributed by atoms with Gasteiger partial charge in [0, 0.05) is 25.2 Å². The second-order valence-corrected chi connectivity index (χ2v) is 8.01. The van der Waals surface area contributed by atoms with Crippen LogP contribution in [-0.2, 0) is 20.9 Å². The molecule has 3 amide bonds. The fourth-order valence-electron chi connectivity index (χ4n) is 3.65. The van der Waals surface area contributed by atoms with Crippen molar-refractivity contribution < 1.29 is 19.1 Å². The van der Waals surface area contributed by atoms with E-state index >= 15 is 0 Å². The van der Waals surface area contributed by atoms with Crippen LogP contribution in [-0.4, -0.2) is 56.4 Å². The number of para-hydroxylation sites is 2. The number of ether oxygens (including phenoxy) is 1. The fourth-order valence-corrected chi connectivity index (χ4v) is 3.65. The van der Waals surface area contributed by atoms with Crippen LogP contribution >= 0.6 is 0 Å². The lowest BCUT2D eigenvalue weighted by atomic mass is 10.1. The molecule has 2 aromatic carbocycles. The third-order valence-corrected chi connectivity index (χ3v) is 5.09. The van der Waals surface area contributed by atoms with E-state index in [-0.39, 0.29) is 24.1 Å². The number of amides is 3. The Morgan fingerprint density at radius 1 is 1.16 bits per heavy atom. The molecule has 1 unspecified atom stereocenters. The van der Waals surface area contributed by atoms with Crippen molar-refractivity contribution in [1.29, 1.82) is 0 Å². The summed E-state index contributed by atoms with van der Waals surface area (Å²) in [7, 11) is 3.66. The molecule has 8 nitrogen and oxygen atoms in total. The molecule has 1 aliphatic rings. The minimum absolute atomic E-state index is 0.0945. The molecule has 1 fully saturated rings. The van der Waals surface area contributed by atoms with Crippen molar-refractivity contribution in [2.24, 2.45) is 5.92 Å². The Kier molecular flexibility index (Phi) is 7.83. The van der Waals surface area contributed by atoms with E-state index in [0.717, 1.165) is 5.56 Å². The van der Waals surface area contributed by atoms with Crippen LogP contribution in [0.4, 0.5) is 11.4 Å². The van der Waals surface area contributed by atoms with Gasteiger partial charge in [-0.25, -0.2) is 0 Å². The summed E-state index contributed by atoms with van der Waals surface area (Å²) >= 11 is 0. The molecule has 8 heteroatoms. The van der Waals surface area contributed by atoms with Gasteiger partial charge in [0.1, 0.15) is 5.75 Å². The third-order valence-electron chi connectivity index (χ3n) is 5.09. The lowest BCUT2D eigenvalue weighted by Gasteiger charge is -2.20. The topological polar surface area (TPSA) is 91.0 Å². The molecular formula is C24H30N4O4. The van der Waals surface area contributed by atoms with Gasteiger partial charge in [-0.3, -0.25) is 14.4 Å². The lowest BCUT2D eigenvalue weighted by Crippen LogP contribution is -2.32. The van der Waals surface area contributed by atoms with Crippen molar-refractivity contribution in [3.8, 4) is 5.75 Å². The van der Waals surface area contributed by atoms with Crippen LogP contribution in [0.25, 0.3) is 0 Å². The van der Waals surface area contributed by atoms with E-state index in [1.165, 1.54) is 0 Å². The second-order valence-electron chi connectivity index (χ2n) is 8.01. The number of carbonyl (C=O) groups excluding carboxylic acids is 3. The van der Waals surface area contributed by atoms with Gasteiger partial charge < -0.3 is 25.2 Å². The first kappa shape index (κ1) is 23.3. The van der Waals surface area contributed by atoms with Crippen molar-refractivity contribution in [3.05, 3.63) is 54.1 Å². The highest BCUT2D eigenvalue weighted by atomic mass is 16.5. The molecule has 170 valence electrons. The maximum atomic E-state index is 12.7.